The van der Waals surface area contributed by atoms with Crippen molar-refractivity contribution in [2.75, 3.05) is 41.1 Å². The second kappa shape index (κ2) is 21.8. The van der Waals surface area contributed by atoms with Crippen LogP contribution >= 0.6 is 0 Å². The molecule has 0 aromatic heterocycles. The van der Waals surface area contributed by atoms with Gasteiger partial charge in [-0.2, -0.15) is 0 Å². The molecule has 0 bridgehead atoms. The molecule has 1 saturated heterocycles. The largest absolute Gasteiger partial charge is 0.497 e. The van der Waals surface area contributed by atoms with E-state index in [1.54, 1.807) is 14.2 Å². The number of aliphatic hydroxyl groups is 1. The number of hydroxylamine groups is 2. The quantitative estimate of drug-likeness (QED) is 0.0609. The molecule has 1 aliphatic rings. The van der Waals surface area contributed by atoms with Gasteiger partial charge in [0.15, 0.2) is 33.3 Å². The molecule has 1 aromatic carbocycles. The summed E-state index contributed by atoms with van der Waals surface area (Å²) in [6.07, 6.45) is -2.57. The molecular weight excluding hydrogens is 875 g/mol. The third-order valence-corrected chi connectivity index (χ3v) is 33.9. The first-order valence-corrected chi connectivity index (χ1v) is 35.3. The first-order chi connectivity index (χ1) is 28.7. The number of aliphatic hydroxyl groups excluding tert-OH is 1. The van der Waals surface area contributed by atoms with Crippen molar-refractivity contribution in [2.24, 2.45) is 17.8 Å². The van der Waals surface area contributed by atoms with Crippen molar-refractivity contribution in [2.45, 2.75) is 213 Å². The smallest absolute Gasteiger partial charge is 0.248 e. The maximum atomic E-state index is 14.0. The van der Waals surface area contributed by atoms with Gasteiger partial charge in [-0.3, -0.25) is 9.63 Å². The van der Waals surface area contributed by atoms with Crippen LogP contribution in [0.15, 0.2) is 24.3 Å². The number of benzene rings is 1. The van der Waals surface area contributed by atoms with Gasteiger partial charge in [-0.05, 0) is 97.1 Å². The summed E-state index contributed by atoms with van der Waals surface area (Å²) in [7, 11) is -5.09. The van der Waals surface area contributed by atoms with E-state index in [0.29, 0.717) is 13.2 Å². The number of ether oxygens (including phenoxy) is 3. The highest BCUT2D eigenvalue weighted by atomic mass is 28.4. The lowest BCUT2D eigenvalue weighted by Crippen LogP contribution is -2.59. The summed E-state index contributed by atoms with van der Waals surface area (Å²) >= 11 is 0. The van der Waals surface area contributed by atoms with Gasteiger partial charge in [0.25, 0.3) is 0 Å². The van der Waals surface area contributed by atoms with Crippen molar-refractivity contribution in [1.29, 1.82) is 0 Å². The predicted molar refractivity (Wildman–Crippen MR) is 273 cm³/mol. The second-order valence-electron chi connectivity index (χ2n) is 25.0. The van der Waals surface area contributed by atoms with Crippen molar-refractivity contribution in [1.82, 2.24) is 5.06 Å². The molecule has 64 heavy (non-hydrogen) atoms. The van der Waals surface area contributed by atoms with Crippen LogP contribution in [-0.4, -0.2) is 120 Å². The lowest BCUT2D eigenvalue weighted by atomic mass is 9.78. The molecule has 1 heterocycles. The van der Waals surface area contributed by atoms with Crippen LogP contribution in [0.5, 0.6) is 5.75 Å². The molecule has 0 spiro atoms. The highest BCUT2D eigenvalue weighted by molar-refractivity contribution is 6.75. The number of methoxy groups -OCH3 is 1. The van der Waals surface area contributed by atoms with E-state index in [1.807, 2.05) is 24.3 Å². The fourth-order valence-corrected chi connectivity index (χ4v) is 11.7. The molecule has 0 aliphatic carbocycles. The Hall–Kier alpha value is -0.962. The van der Waals surface area contributed by atoms with Crippen LogP contribution < -0.4 is 4.74 Å². The zero-order chi connectivity index (χ0) is 49.9. The van der Waals surface area contributed by atoms with E-state index in [4.69, 9.17) is 36.8 Å². The minimum Gasteiger partial charge on any atom is -0.497 e. The van der Waals surface area contributed by atoms with E-state index in [2.05, 4.69) is 149 Å². The van der Waals surface area contributed by atoms with E-state index in [-0.39, 0.29) is 57.7 Å². The number of carbonyl (C=O) groups is 1. The average molecular weight is 973 g/mol. The van der Waals surface area contributed by atoms with Gasteiger partial charge in [-0.25, -0.2) is 5.06 Å². The predicted octanol–water partition coefficient (Wildman–Crippen LogP) is 11.8. The number of nitrogens with zero attached hydrogens (tertiary/aromatic N) is 1. The first-order valence-electron chi connectivity index (χ1n) is 23.7. The fraction of sp³-hybridized carbons (Fsp3) is 0.857. The van der Waals surface area contributed by atoms with E-state index in [1.165, 1.54) is 12.2 Å². The van der Waals surface area contributed by atoms with Crippen molar-refractivity contribution in [3.8, 4) is 5.75 Å². The maximum absolute atomic E-state index is 14.0. The number of rotatable bonds is 24. The SMILES string of the molecule is COc1ccc(COC[C@H](C)[C@H]2O[C@@]2(C)[C@@H](O[Si](C)(C)C(C)(C)C)[C@@H](CO[Si](C)(C)C(C)(C)C)[C@H](O)[C@H](CO[Si](C)(C)C(C)(C)C)[C@@H](CC(=O)N(C)OC)O[Si](C)(C)C(C)(C)C)cc1. The summed E-state index contributed by atoms with van der Waals surface area (Å²) in [5.41, 5.74) is 0.279. The first kappa shape index (κ1) is 59.2. The third-order valence-electron chi connectivity index (χ3n) is 15.9. The number of hydrogen-bond acceptors (Lipinski definition) is 10. The number of carbonyl (C=O) groups excluding carboxylic acids is 1. The molecule has 0 saturated carbocycles. The Morgan fingerprint density at radius 2 is 1.16 bits per heavy atom. The van der Waals surface area contributed by atoms with Crippen LogP contribution in [0, 0.1) is 17.8 Å². The molecule has 1 aliphatic heterocycles. The van der Waals surface area contributed by atoms with Crippen molar-refractivity contribution in [3.05, 3.63) is 29.8 Å². The zero-order valence-corrected chi connectivity index (χ0v) is 49.5. The van der Waals surface area contributed by atoms with Gasteiger partial charge < -0.3 is 37.0 Å². The number of amides is 1. The maximum Gasteiger partial charge on any atom is 0.248 e. The van der Waals surface area contributed by atoms with Crippen molar-refractivity contribution < 1.29 is 46.7 Å². The molecule has 0 radical (unpaired) electrons. The normalized spacial score (nSPS) is 21.2. The van der Waals surface area contributed by atoms with E-state index in [9.17, 15) is 9.90 Å². The average Bonchev–Trinajstić information content (AvgIpc) is 3.84. The standard InChI is InChI=1S/C49H97NO10Si4/c1-35(31-55-32-36-26-28-37(53-16)29-27-36)43-49(14,58-43)44(60-64(24,25)48(11,12)13)39(34-57-62(20,21)46(5,6)7)42(52)38(33-56-61(18,19)45(2,3)4)40(30-41(51)50(15)54-17)59-63(22,23)47(8,9)10/h26-29,35,38-40,42-44,52H,30-34H2,1-25H3/t35-,38+,39-,40+,42+,43+,44-,49+/m0/s1. The number of epoxide rings is 1. The lowest BCUT2D eigenvalue weighted by Gasteiger charge is -2.48. The highest BCUT2D eigenvalue weighted by Gasteiger charge is 2.65. The van der Waals surface area contributed by atoms with Crippen molar-refractivity contribution >= 4 is 39.2 Å². The lowest BCUT2D eigenvalue weighted by molar-refractivity contribution is -0.172. The second-order valence-corrected chi connectivity index (χ2v) is 44.1. The topological polar surface area (TPSA) is 118 Å². The van der Waals surface area contributed by atoms with Gasteiger partial charge >= 0.3 is 0 Å². The highest BCUT2D eigenvalue weighted by Crippen LogP contribution is 2.52. The number of hydrogen-bond donors (Lipinski definition) is 1. The summed E-state index contributed by atoms with van der Waals surface area (Å²) < 4.78 is 47.9. The Morgan fingerprint density at radius 1 is 0.719 bits per heavy atom. The zero-order valence-electron chi connectivity index (χ0n) is 45.5. The molecule has 1 N–H and O–H groups in total. The van der Waals surface area contributed by atoms with Gasteiger partial charge in [0, 0.05) is 38.0 Å². The summed E-state index contributed by atoms with van der Waals surface area (Å²) in [4.78, 5) is 19.4. The summed E-state index contributed by atoms with van der Waals surface area (Å²) in [6, 6.07) is 7.93. The van der Waals surface area contributed by atoms with E-state index in [0.717, 1.165) is 11.3 Å². The van der Waals surface area contributed by atoms with Crippen LogP contribution in [0.4, 0.5) is 0 Å². The fourth-order valence-electron chi connectivity index (χ4n) is 6.83. The third kappa shape index (κ3) is 15.3. The molecule has 15 heteroatoms. The van der Waals surface area contributed by atoms with Gasteiger partial charge in [-0.1, -0.05) is 102 Å². The summed E-state index contributed by atoms with van der Waals surface area (Å²) in [5.74, 6) is -0.634. The van der Waals surface area contributed by atoms with Crippen LogP contribution in [0.3, 0.4) is 0 Å². The minimum atomic E-state index is -2.55. The Labute approximate surface area is 396 Å². The van der Waals surface area contributed by atoms with Gasteiger partial charge in [0.05, 0.1) is 58.3 Å². The van der Waals surface area contributed by atoms with E-state index < -0.39 is 69.0 Å². The van der Waals surface area contributed by atoms with Gasteiger partial charge in [0.1, 0.15) is 11.4 Å². The van der Waals surface area contributed by atoms with Gasteiger partial charge in [0.2, 0.25) is 5.91 Å². The molecular formula is C49H97NO10Si4. The van der Waals surface area contributed by atoms with Crippen LogP contribution in [0.1, 0.15) is 109 Å². The molecule has 374 valence electrons. The molecule has 11 nitrogen and oxygen atoms in total. The summed E-state index contributed by atoms with van der Waals surface area (Å²) in [6.45, 7) is 50.3. The van der Waals surface area contributed by atoms with Crippen molar-refractivity contribution in [3.63, 3.8) is 0 Å². The molecule has 0 unspecified atom stereocenters. The molecule has 1 amide bonds. The molecule has 1 fully saturated rings. The molecule has 1 aromatic rings. The minimum absolute atomic E-state index is 0.00195. The molecule has 2 rings (SSSR count). The Bertz CT molecular complexity index is 1610. The Balaban J connectivity index is 2.91. The van der Waals surface area contributed by atoms with Crippen LogP contribution in [0.2, 0.25) is 72.5 Å². The van der Waals surface area contributed by atoms with Crippen LogP contribution in [-0.2, 0) is 43.4 Å². The monoisotopic (exact) mass is 972 g/mol. The van der Waals surface area contributed by atoms with Gasteiger partial charge in [-0.15, -0.1) is 0 Å². The Kier molecular flexibility index (Phi) is 20.1. The van der Waals surface area contributed by atoms with Crippen LogP contribution in [0.25, 0.3) is 0 Å². The summed E-state index contributed by atoms with van der Waals surface area (Å²) in [5, 5.41) is 14.4. The molecule has 8 atom stereocenters. The Morgan fingerprint density at radius 3 is 1.58 bits per heavy atom. The van der Waals surface area contributed by atoms with E-state index >= 15 is 0 Å².